The van der Waals surface area contributed by atoms with Gasteiger partial charge in [0.05, 0.1) is 22.3 Å². The highest BCUT2D eigenvalue weighted by atomic mass is 79.9. The number of halogens is 4. The van der Waals surface area contributed by atoms with E-state index in [1.54, 1.807) is 9.80 Å². The van der Waals surface area contributed by atoms with Crippen LogP contribution in [0.4, 0.5) is 0 Å². The number of carbonyl (C=O) groups excluding carboxylic acids is 4. The first kappa shape index (κ1) is 51.4. The standard InChI is InChI=1S/C67H60Br4N2O4/c1-5-9-12-14-17-20-34(18-8-4)72-64(74)58-48(68)30-44-40-26-22-36-38-24-28-42-46-32-50(70)60-63-57(46)47(33-51(71)61(63)67(77)73(66(60)76)35(19-15-11-7-3)21-16-13-10-6-2)43-29-25-39(53(38)55(42)43)37-23-27-41(54(40)52(36)37)45-31-49(69)59(65(72)75)62(58)56(44)45/h22-35H,5-21H2,1-4H3. The summed E-state index contributed by atoms with van der Waals surface area (Å²) in [6.45, 7) is 8.76. The molecule has 0 radical (unpaired) electrons. The minimum atomic E-state index is -0.212. The molecular formula is C67H60Br4N2O4. The first-order valence-electron chi connectivity index (χ1n) is 28.4. The van der Waals surface area contributed by atoms with E-state index in [1.807, 2.05) is 0 Å². The van der Waals surface area contributed by atoms with Gasteiger partial charge >= 0.3 is 0 Å². The van der Waals surface area contributed by atoms with E-state index in [-0.39, 0.29) is 35.7 Å². The Kier molecular flexibility index (Phi) is 13.3. The first-order valence-corrected chi connectivity index (χ1v) is 31.6. The average Bonchev–Trinajstić information content (AvgIpc) is 3.46. The molecule has 11 aromatic carbocycles. The Morgan fingerprint density at radius 1 is 0.299 bits per heavy atom. The second-order valence-corrected chi connectivity index (χ2v) is 25.8. The van der Waals surface area contributed by atoms with Crippen molar-refractivity contribution in [2.45, 2.75) is 149 Å². The number of imide groups is 2. The van der Waals surface area contributed by atoms with Gasteiger partial charge in [0.15, 0.2) is 0 Å². The Morgan fingerprint density at radius 2 is 0.532 bits per heavy atom. The van der Waals surface area contributed by atoms with Crippen molar-refractivity contribution in [3.8, 4) is 0 Å². The fourth-order valence-electron chi connectivity index (χ4n) is 14.5. The van der Waals surface area contributed by atoms with Crippen LogP contribution < -0.4 is 0 Å². The minimum Gasteiger partial charge on any atom is -0.271 e. The zero-order valence-electron chi connectivity index (χ0n) is 44.1. The normalized spacial score (nSPS) is 15.1. The predicted octanol–water partition coefficient (Wildman–Crippen LogP) is 21.2. The van der Waals surface area contributed by atoms with Crippen LogP contribution in [-0.4, -0.2) is 45.5 Å². The molecule has 13 rings (SSSR count). The number of nitrogens with zero attached hydrogens (tertiary/aromatic N) is 2. The fourth-order valence-corrected chi connectivity index (χ4v) is 16.9. The van der Waals surface area contributed by atoms with Gasteiger partial charge < -0.3 is 0 Å². The summed E-state index contributed by atoms with van der Waals surface area (Å²) in [5, 5.41) is 21.0. The molecule has 0 saturated heterocycles. The molecule has 0 bridgehead atoms. The lowest BCUT2D eigenvalue weighted by atomic mass is 9.80. The van der Waals surface area contributed by atoms with Crippen LogP contribution in [0.5, 0.6) is 0 Å². The summed E-state index contributed by atoms with van der Waals surface area (Å²) in [5.74, 6) is -0.832. The zero-order chi connectivity index (χ0) is 53.3. The van der Waals surface area contributed by atoms with Gasteiger partial charge in [-0.15, -0.1) is 0 Å². The van der Waals surface area contributed by atoms with Crippen molar-refractivity contribution in [1.29, 1.82) is 0 Å². The smallest absolute Gasteiger partial charge is 0.262 e. The lowest BCUT2D eigenvalue weighted by Gasteiger charge is -2.35. The summed E-state index contributed by atoms with van der Waals surface area (Å²) in [6, 6.07) is 26.3. The van der Waals surface area contributed by atoms with E-state index in [4.69, 9.17) is 0 Å². The Morgan fingerprint density at radius 3 is 0.831 bits per heavy atom. The number of benzene rings is 11. The van der Waals surface area contributed by atoms with Crippen molar-refractivity contribution in [2.24, 2.45) is 0 Å². The maximum atomic E-state index is 15.0. The van der Waals surface area contributed by atoms with Crippen molar-refractivity contribution in [3.63, 3.8) is 0 Å². The first-order chi connectivity index (χ1) is 37.4. The van der Waals surface area contributed by atoms with Crippen LogP contribution >= 0.6 is 63.7 Å². The van der Waals surface area contributed by atoms with E-state index >= 15 is 9.59 Å². The third kappa shape index (κ3) is 7.52. The molecular weight excluding hydrogens is 1220 g/mol. The van der Waals surface area contributed by atoms with Crippen molar-refractivity contribution < 1.29 is 19.2 Å². The maximum absolute atomic E-state index is 15.0. The third-order valence-electron chi connectivity index (χ3n) is 17.9. The molecule has 2 atom stereocenters. The summed E-state index contributed by atoms with van der Waals surface area (Å²) in [6.07, 6.45) is 17.2. The number of rotatable bonds is 19. The van der Waals surface area contributed by atoms with Crippen LogP contribution in [0.2, 0.25) is 0 Å². The monoisotopic (exact) mass is 1270 g/mol. The van der Waals surface area contributed by atoms with E-state index in [9.17, 15) is 9.59 Å². The van der Waals surface area contributed by atoms with Gasteiger partial charge in [0, 0.05) is 40.7 Å². The third-order valence-corrected chi connectivity index (χ3v) is 20.4. The second kappa shape index (κ2) is 20.0. The Balaban J connectivity index is 0.996. The molecule has 4 amide bonds. The van der Waals surface area contributed by atoms with E-state index < -0.39 is 0 Å². The van der Waals surface area contributed by atoms with Crippen molar-refractivity contribution >= 4 is 195 Å². The van der Waals surface area contributed by atoms with Gasteiger partial charge in [-0.05, 0) is 211 Å². The predicted molar refractivity (Wildman–Crippen MR) is 336 cm³/mol. The highest BCUT2D eigenvalue weighted by Crippen LogP contribution is 2.55. The van der Waals surface area contributed by atoms with Gasteiger partial charge in [-0.25, -0.2) is 0 Å². The highest BCUT2D eigenvalue weighted by molar-refractivity contribution is 9.11. The quantitative estimate of drug-likeness (QED) is 0.0350. The number of hydrogen-bond donors (Lipinski definition) is 0. The molecule has 0 saturated carbocycles. The number of unbranched alkanes of at least 4 members (excludes halogenated alkanes) is 9. The molecule has 2 unspecified atom stereocenters. The summed E-state index contributed by atoms with van der Waals surface area (Å²) < 4.78 is 2.82. The van der Waals surface area contributed by atoms with E-state index in [0.717, 1.165) is 187 Å². The number of amides is 4. The van der Waals surface area contributed by atoms with Crippen LogP contribution in [0.3, 0.4) is 0 Å². The van der Waals surface area contributed by atoms with Crippen molar-refractivity contribution in [2.75, 3.05) is 0 Å². The Hall–Kier alpha value is -5.00. The summed E-state index contributed by atoms with van der Waals surface area (Å²) >= 11 is 15.8. The molecule has 11 aromatic rings. The van der Waals surface area contributed by atoms with E-state index in [1.165, 1.54) is 30.0 Å². The summed E-state index contributed by atoms with van der Waals surface area (Å²) in [7, 11) is 0. The lowest BCUT2D eigenvalue weighted by molar-refractivity contribution is 0.0501. The summed E-state index contributed by atoms with van der Waals surface area (Å²) in [4.78, 5) is 63.2. The average molecular weight is 1280 g/mol. The fraction of sp³-hybridized carbons (Fsp3) is 0.343. The molecule has 0 aromatic heterocycles. The number of hydrogen-bond acceptors (Lipinski definition) is 4. The van der Waals surface area contributed by atoms with E-state index in [2.05, 4.69) is 164 Å². The molecule has 0 aliphatic carbocycles. The van der Waals surface area contributed by atoms with Crippen molar-refractivity contribution in [3.05, 3.63) is 113 Å². The maximum Gasteiger partial charge on any atom is 0.262 e. The zero-order valence-corrected chi connectivity index (χ0v) is 50.5. The van der Waals surface area contributed by atoms with Crippen LogP contribution in [0.1, 0.15) is 178 Å². The molecule has 2 heterocycles. The van der Waals surface area contributed by atoms with Gasteiger partial charge in [0.25, 0.3) is 23.6 Å². The van der Waals surface area contributed by atoms with Gasteiger partial charge in [-0.2, -0.15) is 0 Å². The molecule has 77 heavy (non-hydrogen) atoms. The Bertz CT molecular complexity index is 4080. The van der Waals surface area contributed by atoms with Gasteiger partial charge in [0.1, 0.15) is 0 Å². The molecule has 0 N–H and O–H groups in total. The largest absolute Gasteiger partial charge is 0.271 e. The SMILES string of the molecule is CCCCCCCC(CCC)N1C(=O)c2c(Br)cc3c4ccc5c6ccc7c8cc(Br)c9c%10c(c(Br)cc(c%11ccc(c%12ccc(c%13cc(Br)c(c2c3%13)C1=O)c4c5%12)c6c7%11)c%108)C(=O)N(C(CCCCC)CCCCCC)C9=O. The number of fused-ring (bicyclic) bond motifs is 6. The van der Waals surface area contributed by atoms with Gasteiger partial charge in [-0.3, -0.25) is 29.0 Å². The number of carbonyl (C=O) groups is 4. The molecule has 2 aliphatic heterocycles. The molecule has 0 fully saturated rings. The lowest BCUT2D eigenvalue weighted by Crippen LogP contribution is -2.47. The summed E-state index contributed by atoms with van der Waals surface area (Å²) in [5.41, 5.74) is 2.28. The molecule has 0 spiro atoms. The van der Waals surface area contributed by atoms with Gasteiger partial charge in [-0.1, -0.05) is 160 Å². The molecule has 6 nitrogen and oxygen atoms in total. The molecule has 390 valence electrons. The topological polar surface area (TPSA) is 74.8 Å². The van der Waals surface area contributed by atoms with E-state index in [0.29, 0.717) is 40.1 Å². The molecule has 2 aliphatic rings. The van der Waals surface area contributed by atoms with Crippen LogP contribution in [-0.2, 0) is 0 Å². The van der Waals surface area contributed by atoms with Crippen molar-refractivity contribution in [1.82, 2.24) is 9.80 Å². The molecule has 10 heteroatoms. The Labute approximate surface area is 482 Å². The van der Waals surface area contributed by atoms with Crippen LogP contribution in [0, 0.1) is 0 Å². The van der Waals surface area contributed by atoms with Gasteiger partial charge in [0.2, 0.25) is 0 Å². The second-order valence-electron chi connectivity index (χ2n) is 22.4. The van der Waals surface area contributed by atoms with Crippen LogP contribution in [0.25, 0.3) is 108 Å². The highest BCUT2D eigenvalue weighted by Gasteiger charge is 2.43. The van der Waals surface area contributed by atoms with Crippen LogP contribution in [0.15, 0.2) is 90.7 Å². The minimum absolute atomic E-state index is 0.160.